The summed E-state index contributed by atoms with van der Waals surface area (Å²) in [5, 5.41) is 20.0. The summed E-state index contributed by atoms with van der Waals surface area (Å²) in [6.07, 6.45) is 3.62. The molecule has 2 aliphatic rings. The molecule has 0 saturated carbocycles. The molecule has 4 amide bonds. The van der Waals surface area contributed by atoms with Gasteiger partial charge in [-0.3, -0.25) is 39.0 Å². The van der Waals surface area contributed by atoms with Crippen LogP contribution in [0.4, 0.5) is 11.4 Å². The van der Waals surface area contributed by atoms with Gasteiger partial charge in [0.15, 0.2) is 0 Å². The van der Waals surface area contributed by atoms with Gasteiger partial charge in [-0.25, -0.2) is 15.1 Å². The first-order valence-corrected chi connectivity index (χ1v) is 41.7. The molecular formula is C86H100Br2N4O15S4. The van der Waals surface area contributed by atoms with E-state index < -0.39 is 46.5 Å². The van der Waals surface area contributed by atoms with Gasteiger partial charge in [0.25, 0.3) is 5.91 Å². The van der Waals surface area contributed by atoms with Gasteiger partial charge >= 0.3 is 17.9 Å². The van der Waals surface area contributed by atoms with E-state index in [4.69, 9.17) is 28.4 Å². The van der Waals surface area contributed by atoms with Crippen LogP contribution in [0.5, 0.6) is 23.0 Å². The smallest absolute Gasteiger partial charge is 0.329 e. The number of anilines is 2. The highest BCUT2D eigenvalue weighted by Gasteiger charge is 2.43. The van der Waals surface area contributed by atoms with Crippen molar-refractivity contribution in [1.29, 1.82) is 0 Å². The van der Waals surface area contributed by atoms with E-state index in [0.717, 1.165) is 79.5 Å². The summed E-state index contributed by atoms with van der Waals surface area (Å²) in [6.45, 7) is 16.2. The Labute approximate surface area is 686 Å². The van der Waals surface area contributed by atoms with Gasteiger partial charge < -0.3 is 38.8 Å². The molecule has 0 aliphatic carbocycles. The number of hydroxylamine groups is 1. The number of carbonyl (C=O) groups is 7. The Balaban J connectivity index is 0.000000207. The second-order valence-corrected chi connectivity index (χ2v) is 33.8. The van der Waals surface area contributed by atoms with E-state index in [1.54, 1.807) is 69.3 Å². The van der Waals surface area contributed by atoms with Crippen molar-refractivity contribution < 1.29 is 72.3 Å². The van der Waals surface area contributed by atoms with E-state index in [1.807, 2.05) is 222 Å². The van der Waals surface area contributed by atoms with Crippen LogP contribution in [0, 0.1) is 17.8 Å². The lowest BCUT2D eigenvalue weighted by atomic mass is 9.99. The number of hydrogen-bond donors (Lipinski definition) is 4. The lowest BCUT2D eigenvalue weighted by molar-refractivity contribution is -0.148. The predicted octanol–water partition coefficient (Wildman–Crippen LogP) is 17.9. The second-order valence-electron chi connectivity index (χ2n) is 27.1. The molecule has 19 nitrogen and oxygen atoms in total. The number of carboxylic acids is 1. The summed E-state index contributed by atoms with van der Waals surface area (Å²) in [4.78, 5) is 96.7. The predicted molar refractivity (Wildman–Crippen MR) is 450 cm³/mol. The first-order valence-electron chi connectivity index (χ1n) is 36.6. The Hall–Kier alpha value is -8.43. The molecule has 0 aromatic heterocycles. The third-order valence-electron chi connectivity index (χ3n) is 17.5. The van der Waals surface area contributed by atoms with Crippen molar-refractivity contribution >= 4 is 132 Å². The highest BCUT2D eigenvalue weighted by Crippen LogP contribution is 2.45. The molecule has 111 heavy (non-hydrogen) atoms. The minimum absolute atomic E-state index is 0.0479. The zero-order chi connectivity index (χ0) is 80.7. The highest BCUT2D eigenvalue weighted by atomic mass is 79.9. The number of para-hydroxylation sites is 2. The van der Waals surface area contributed by atoms with Crippen molar-refractivity contribution in [3.8, 4) is 23.0 Å². The largest absolute Gasteiger partial charge is 0.497 e. The maximum Gasteiger partial charge on any atom is 0.329 e. The molecular weight excluding hydrogens is 1620 g/mol. The quantitative estimate of drug-likeness (QED) is 0.0132. The van der Waals surface area contributed by atoms with Crippen molar-refractivity contribution in [2.24, 2.45) is 17.8 Å². The van der Waals surface area contributed by atoms with Gasteiger partial charge in [-0.05, 0) is 228 Å². The number of carbonyl (C=O) groups excluding carboxylic acids is 6. The highest BCUT2D eigenvalue weighted by molar-refractivity contribution is 9.10. The van der Waals surface area contributed by atoms with Crippen molar-refractivity contribution in [2.75, 3.05) is 51.5 Å². The van der Waals surface area contributed by atoms with E-state index in [-0.39, 0.29) is 58.6 Å². The average molecular weight is 1720 g/mol. The minimum Gasteiger partial charge on any atom is -0.497 e. The number of nitrogens with zero attached hydrogens (tertiary/aromatic N) is 2. The van der Waals surface area contributed by atoms with Gasteiger partial charge in [-0.1, -0.05) is 139 Å². The first-order chi connectivity index (χ1) is 53.3. The Bertz CT molecular complexity index is 4310. The second kappa shape index (κ2) is 45.9. The average Bonchev–Trinajstić information content (AvgIpc) is 0.773. The fourth-order valence-electron chi connectivity index (χ4n) is 12.1. The van der Waals surface area contributed by atoms with E-state index in [2.05, 4.69) is 51.0 Å². The molecule has 0 fully saturated rings. The fourth-order valence-corrected chi connectivity index (χ4v) is 17.8. The van der Waals surface area contributed by atoms with Crippen LogP contribution in [0.15, 0.2) is 223 Å². The molecule has 4 unspecified atom stereocenters. The van der Waals surface area contributed by atoms with Crippen molar-refractivity contribution in [3.63, 3.8) is 0 Å². The normalized spacial score (nSPS) is 14.9. The molecule has 0 bridgehead atoms. The van der Waals surface area contributed by atoms with Crippen LogP contribution in [0.25, 0.3) is 0 Å². The van der Waals surface area contributed by atoms with Crippen LogP contribution < -0.4 is 39.5 Å². The summed E-state index contributed by atoms with van der Waals surface area (Å²) < 4.78 is 33.1. The Kier molecular flexibility index (Phi) is 37.1. The molecule has 0 radical (unpaired) electrons. The van der Waals surface area contributed by atoms with Gasteiger partial charge in [-0.15, -0.1) is 47.0 Å². The number of fused-ring (bicyclic) bond motifs is 2. The number of rotatable bonds is 32. The van der Waals surface area contributed by atoms with E-state index in [9.17, 15) is 43.9 Å². The number of esters is 2. The SMILES string of the molecule is CCOC(=O)[C@@H](CC(C)C)NC(=O)C(Cc1ccc(OC)cc1)Sc1ccccc1Br.CCOC(=O)[C@H](CC(C)C)N1C(=O)C(Cc2ccc(OC)cc2)Sc2ccccc21.COc1ccc(CC(Sc2ccccc2Br)C(=O)O)cc1.COc1ccc(CC2Sc3ccccc3N([C@@H](CC(C)C)C(=O)NO)C2=O)cc1. The van der Waals surface area contributed by atoms with Crippen molar-refractivity contribution in [2.45, 2.75) is 159 Å². The molecule has 0 spiro atoms. The van der Waals surface area contributed by atoms with Crippen LogP contribution >= 0.6 is 78.9 Å². The third kappa shape index (κ3) is 27.4. The van der Waals surface area contributed by atoms with Crippen molar-refractivity contribution in [1.82, 2.24) is 10.8 Å². The fraction of sp³-hybridized carbons (Fsp3) is 0.360. The van der Waals surface area contributed by atoms with Gasteiger partial charge in [0.05, 0.1) is 68.8 Å². The first kappa shape index (κ1) is 89.8. The minimum atomic E-state index is -0.813. The molecule has 592 valence electrons. The number of amides is 4. The number of carboxylic acid groups (broad SMARTS) is 1. The Morgan fingerprint density at radius 2 is 0.811 bits per heavy atom. The molecule has 2 aliphatic heterocycles. The molecule has 0 saturated heterocycles. The van der Waals surface area contributed by atoms with Gasteiger partial charge in [-0.2, -0.15) is 0 Å². The lowest BCUT2D eigenvalue weighted by Gasteiger charge is -2.38. The summed E-state index contributed by atoms with van der Waals surface area (Å²) in [7, 11) is 6.48. The summed E-state index contributed by atoms with van der Waals surface area (Å²) in [5.74, 6) is 1.26. The maximum absolute atomic E-state index is 13.6. The number of aliphatic carboxylic acids is 1. The van der Waals surface area contributed by atoms with Gasteiger partial charge in [0.1, 0.15) is 46.4 Å². The molecule has 8 aromatic carbocycles. The number of thioether (sulfide) groups is 4. The summed E-state index contributed by atoms with van der Waals surface area (Å²) in [6, 6.07) is 59.3. The zero-order valence-electron chi connectivity index (χ0n) is 64.6. The number of ether oxygens (including phenoxy) is 6. The van der Waals surface area contributed by atoms with Crippen LogP contribution in [0.1, 0.15) is 96.9 Å². The van der Waals surface area contributed by atoms with Crippen LogP contribution in [-0.4, -0.2) is 133 Å². The van der Waals surface area contributed by atoms with Crippen LogP contribution in [-0.2, 0) is 68.7 Å². The van der Waals surface area contributed by atoms with E-state index in [0.29, 0.717) is 57.2 Å². The number of nitrogens with one attached hydrogen (secondary N) is 2. The Morgan fingerprint density at radius 1 is 0.459 bits per heavy atom. The molecule has 25 heteroatoms. The molecule has 4 N–H and O–H groups in total. The summed E-state index contributed by atoms with van der Waals surface area (Å²) in [5.41, 5.74) is 7.30. The Morgan fingerprint density at radius 3 is 1.19 bits per heavy atom. The monoisotopic (exact) mass is 1710 g/mol. The number of methoxy groups -OCH3 is 4. The van der Waals surface area contributed by atoms with E-state index in [1.165, 1.54) is 35.3 Å². The standard InChI is InChI=1S/C24H30BrNO4S.C24H29NO4S.C22H26N2O4S.C16H15BrO3S/c1-5-30-24(28)20(14-16(2)3)26-23(27)22(31-21-9-7-6-8-19(21)25)15-17-10-12-18(29-4)13-11-17;1-5-29-24(27)20(14-16(2)3)25-19-8-6-7-9-21(19)30-22(23(25)26)15-17-10-12-18(28-4)13-11-17;1-14(2)12-18(21(25)23-27)24-17-6-4-5-7-19(17)29-20(22(24)26)13-15-8-10-16(28-3)11-9-15;1-20-12-8-6-11(7-9-12)10-15(16(18)19)21-14-5-3-2-4-13(14)17/h6-13,16,20,22H,5,14-15H2,1-4H3,(H,26,27);6-13,16,20,22H,5,14-15H2,1-4H3;4-11,14,18,20,27H,12-13H2,1-3H3,(H,23,25);2-9,15H,10H2,1H3,(H,18,19)/t2*20-,22?;18-,20?;/m100./s1. The number of hydrogen-bond acceptors (Lipinski definition) is 18. The molecule has 8 aromatic rings. The van der Waals surface area contributed by atoms with Crippen molar-refractivity contribution in [3.05, 3.63) is 225 Å². The van der Waals surface area contributed by atoms with E-state index >= 15 is 0 Å². The van der Waals surface area contributed by atoms with Gasteiger partial charge in [0, 0.05) is 28.5 Å². The van der Waals surface area contributed by atoms with Crippen LogP contribution in [0.3, 0.4) is 0 Å². The number of benzene rings is 8. The summed E-state index contributed by atoms with van der Waals surface area (Å²) >= 11 is 12.9. The topological polar surface area (TPSA) is 246 Å². The third-order valence-corrected chi connectivity index (χ3v) is 24.4. The van der Waals surface area contributed by atoms with Crippen LogP contribution in [0.2, 0.25) is 0 Å². The zero-order valence-corrected chi connectivity index (χ0v) is 71.0. The maximum atomic E-state index is 13.6. The molecule has 7 atom stereocenters. The number of halogens is 2. The molecule has 10 rings (SSSR count). The van der Waals surface area contributed by atoms with Gasteiger partial charge in [0.2, 0.25) is 17.7 Å². The lowest BCUT2D eigenvalue weighted by Crippen LogP contribution is -2.54. The molecule has 2 heterocycles.